The number of alkyl carbamates (subject to hydrolysis) is 1. The highest BCUT2D eigenvalue weighted by Crippen LogP contribution is 2.20. The molecule has 6 heteroatoms. The Kier molecular flexibility index (Phi) is 5.34. The van der Waals surface area contributed by atoms with Crippen molar-refractivity contribution in [2.24, 2.45) is 0 Å². The lowest BCUT2D eigenvalue weighted by Gasteiger charge is -2.21. The summed E-state index contributed by atoms with van der Waals surface area (Å²) in [5, 5.41) is 6.44. The molecule has 6 nitrogen and oxygen atoms in total. The monoisotopic (exact) mass is 306 g/mol. The van der Waals surface area contributed by atoms with Crippen LogP contribution < -0.4 is 10.6 Å². The minimum atomic E-state index is -0.453. The number of carbonyl (C=O) groups excluding carboxylic acids is 1. The molecule has 1 saturated carbocycles. The molecule has 122 valence electrons. The molecule has 0 bridgehead atoms. The van der Waals surface area contributed by atoms with Gasteiger partial charge in [-0.25, -0.2) is 14.8 Å². The van der Waals surface area contributed by atoms with Crippen LogP contribution in [0.15, 0.2) is 12.3 Å². The predicted octanol–water partition coefficient (Wildman–Crippen LogP) is 2.32. The maximum absolute atomic E-state index is 11.8. The minimum absolute atomic E-state index is 0.180. The fraction of sp³-hybridized carbons (Fsp3) is 0.688. The average Bonchev–Trinajstić information content (AvgIpc) is 2.81. The average molecular weight is 306 g/mol. The molecule has 22 heavy (non-hydrogen) atoms. The van der Waals surface area contributed by atoms with Crippen molar-refractivity contribution in [1.29, 1.82) is 0 Å². The number of ether oxygens (including phenoxy) is 1. The zero-order chi connectivity index (χ0) is 16.2. The lowest BCUT2D eigenvalue weighted by atomic mass is 10.2. The number of hydrogen-bond acceptors (Lipinski definition) is 5. The molecule has 1 amide bonds. The van der Waals surface area contributed by atoms with Crippen molar-refractivity contribution in [3.05, 3.63) is 23.8 Å². The summed E-state index contributed by atoms with van der Waals surface area (Å²) in [4.78, 5) is 20.2. The topological polar surface area (TPSA) is 76.1 Å². The molecule has 0 spiro atoms. The molecule has 0 aromatic carbocycles. The number of nitrogens with one attached hydrogen (secondary N) is 2. The van der Waals surface area contributed by atoms with Gasteiger partial charge in [0.25, 0.3) is 0 Å². The summed E-state index contributed by atoms with van der Waals surface area (Å²) in [7, 11) is 0. The molecule has 1 fully saturated rings. The van der Waals surface area contributed by atoms with Crippen LogP contribution in [0.5, 0.6) is 0 Å². The molecule has 1 aliphatic carbocycles. The van der Waals surface area contributed by atoms with Crippen molar-refractivity contribution in [3.8, 4) is 0 Å². The van der Waals surface area contributed by atoms with Gasteiger partial charge in [0.1, 0.15) is 11.4 Å². The first-order valence-electron chi connectivity index (χ1n) is 7.83. The fourth-order valence-corrected chi connectivity index (χ4v) is 2.62. The van der Waals surface area contributed by atoms with Gasteiger partial charge in [0, 0.05) is 24.8 Å². The van der Waals surface area contributed by atoms with Crippen molar-refractivity contribution in [1.82, 2.24) is 20.6 Å². The lowest BCUT2D eigenvalue weighted by Crippen LogP contribution is -2.39. The lowest BCUT2D eigenvalue weighted by molar-refractivity contribution is 0.0505. The van der Waals surface area contributed by atoms with E-state index >= 15 is 0 Å². The fourth-order valence-electron chi connectivity index (χ4n) is 2.62. The summed E-state index contributed by atoms with van der Waals surface area (Å²) in [6.45, 7) is 8.23. The van der Waals surface area contributed by atoms with E-state index in [9.17, 15) is 4.79 Å². The maximum atomic E-state index is 11.8. The van der Waals surface area contributed by atoms with E-state index in [1.807, 2.05) is 33.8 Å². The molecule has 2 atom stereocenters. The van der Waals surface area contributed by atoms with Crippen LogP contribution in [0.3, 0.4) is 0 Å². The largest absolute Gasteiger partial charge is 0.444 e. The third kappa shape index (κ3) is 5.60. The zero-order valence-electron chi connectivity index (χ0n) is 13.8. The summed E-state index contributed by atoms with van der Waals surface area (Å²) in [6.07, 6.45) is 4.39. The summed E-state index contributed by atoms with van der Waals surface area (Å²) in [5.41, 5.74) is 0.543. The Bertz CT molecular complexity index is 513. The Labute approximate surface area is 132 Å². The Morgan fingerprint density at radius 1 is 1.36 bits per heavy atom. The quantitative estimate of drug-likeness (QED) is 0.893. The van der Waals surface area contributed by atoms with Crippen LogP contribution in [-0.2, 0) is 11.3 Å². The van der Waals surface area contributed by atoms with Gasteiger partial charge >= 0.3 is 6.09 Å². The molecule has 0 aliphatic heterocycles. The van der Waals surface area contributed by atoms with Crippen LogP contribution in [0.25, 0.3) is 0 Å². The summed E-state index contributed by atoms with van der Waals surface area (Å²) < 4.78 is 5.29. The zero-order valence-corrected chi connectivity index (χ0v) is 13.8. The molecule has 2 N–H and O–H groups in total. The van der Waals surface area contributed by atoms with E-state index in [1.54, 1.807) is 6.20 Å². The van der Waals surface area contributed by atoms with Gasteiger partial charge in [-0.2, -0.15) is 0 Å². The number of aryl methyl sites for hydroxylation is 1. The molecule has 2 rings (SSSR count). The van der Waals surface area contributed by atoms with Gasteiger partial charge in [-0.15, -0.1) is 0 Å². The van der Waals surface area contributed by atoms with Gasteiger partial charge in [0.05, 0.1) is 5.69 Å². The van der Waals surface area contributed by atoms with E-state index < -0.39 is 5.60 Å². The van der Waals surface area contributed by atoms with Crippen molar-refractivity contribution in [2.75, 3.05) is 0 Å². The molecular formula is C16H26N4O2. The SMILES string of the molecule is Cc1nccc(CNC2CCC(NC(=O)OC(C)(C)C)C2)n1. The predicted molar refractivity (Wildman–Crippen MR) is 84.4 cm³/mol. The number of rotatable bonds is 4. The first-order chi connectivity index (χ1) is 10.3. The van der Waals surface area contributed by atoms with E-state index in [-0.39, 0.29) is 12.1 Å². The normalized spacial score (nSPS) is 21.6. The van der Waals surface area contributed by atoms with Crippen molar-refractivity contribution >= 4 is 6.09 Å². The smallest absolute Gasteiger partial charge is 0.407 e. The second kappa shape index (κ2) is 7.05. The molecular weight excluding hydrogens is 280 g/mol. The van der Waals surface area contributed by atoms with Gasteiger partial charge in [-0.1, -0.05) is 0 Å². The van der Waals surface area contributed by atoms with E-state index in [0.717, 1.165) is 37.3 Å². The summed E-state index contributed by atoms with van der Waals surface area (Å²) in [6, 6.07) is 2.50. The van der Waals surface area contributed by atoms with Gasteiger partial charge < -0.3 is 15.4 Å². The van der Waals surface area contributed by atoms with Crippen molar-refractivity contribution in [2.45, 2.75) is 71.2 Å². The first-order valence-corrected chi connectivity index (χ1v) is 7.83. The molecule has 1 aliphatic rings. The van der Waals surface area contributed by atoms with Gasteiger partial charge in [0.15, 0.2) is 0 Å². The number of amides is 1. The van der Waals surface area contributed by atoms with E-state index in [2.05, 4.69) is 20.6 Å². The van der Waals surface area contributed by atoms with Crippen molar-refractivity contribution in [3.63, 3.8) is 0 Å². The number of carbonyl (C=O) groups is 1. The highest BCUT2D eigenvalue weighted by Gasteiger charge is 2.27. The van der Waals surface area contributed by atoms with E-state index in [1.165, 1.54) is 0 Å². The number of nitrogens with zero attached hydrogens (tertiary/aromatic N) is 2. The number of hydrogen-bond donors (Lipinski definition) is 2. The van der Waals surface area contributed by atoms with E-state index in [4.69, 9.17) is 4.74 Å². The molecule has 1 aromatic rings. The van der Waals surface area contributed by atoms with Crippen LogP contribution in [0, 0.1) is 6.92 Å². The second-order valence-corrected chi connectivity index (χ2v) is 6.83. The van der Waals surface area contributed by atoms with Gasteiger partial charge in [0.2, 0.25) is 0 Å². The number of aromatic nitrogens is 2. The van der Waals surface area contributed by atoms with Gasteiger partial charge in [-0.05, 0) is 53.0 Å². The van der Waals surface area contributed by atoms with Crippen molar-refractivity contribution < 1.29 is 9.53 Å². The Balaban J connectivity index is 1.72. The Morgan fingerprint density at radius 2 is 2.09 bits per heavy atom. The Hall–Kier alpha value is -1.69. The molecule has 0 saturated heterocycles. The summed E-state index contributed by atoms with van der Waals surface area (Å²) >= 11 is 0. The third-order valence-corrected chi connectivity index (χ3v) is 3.56. The standard InChI is InChI=1S/C16H26N4O2/c1-11-17-8-7-14(19-11)10-18-12-5-6-13(9-12)20-15(21)22-16(2,3)4/h7-8,12-13,18H,5-6,9-10H2,1-4H3,(H,20,21). The van der Waals surface area contributed by atoms with Gasteiger partial charge in [-0.3, -0.25) is 0 Å². The minimum Gasteiger partial charge on any atom is -0.444 e. The van der Waals surface area contributed by atoms with Crippen LogP contribution in [0.2, 0.25) is 0 Å². The van der Waals surface area contributed by atoms with Crippen LogP contribution in [-0.4, -0.2) is 33.7 Å². The second-order valence-electron chi connectivity index (χ2n) is 6.83. The molecule has 1 heterocycles. The highest BCUT2D eigenvalue weighted by atomic mass is 16.6. The third-order valence-electron chi connectivity index (χ3n) is 3.56. The highest BCUT2D eigenvalue weighted by molar-refractivity contribution is 5.68. The molecule has 1 aromatic heterocycles. The van der Waals surface area contributed by atoms with E-state index in [0.29, 0.717) is 6.04 Å². The molecule has 0 radical (unpaired) electrons. The van der Waals surface area contributed by atoms with Crippen LogP contribution in [0.4, 0.5) is 4.79 Å². The molecule has 2 unspecified atom stereocenters. The summed E-state index contributed by atoms with van der Waals surface area (Å²) in [5.74, 6) is 0.787. The van der Waals surface area contributed by atoms with Crippen LogP contribution >= 0.6 is 0 Å². The Morgan fingerprint density at radius 3 is 2.77 bits per heavy atom. The first kappa shape index (κ1) is 16.7. The maximum Gasteiger partial charge on any atom is 0.407 e. The van der Waals surface area contributed by atoms with Crippen LogP contribution in [0.1, 0.15) is 51.6 Å².